The molecule has 174 valence electrons. The van der Waals surface area contributed by atoms with Crippen molar-refractivity contribution in [1.29, 1.82) is 0 Å². The summed E-state index contributed by atoms with van der Waals surface area (Å²) in [6, 6.07) is 14.7. The van der Waals surface area contributed by atoms with Gasteiger partial charge in [0.2, 0.25) is 5.91 Å². The second-order valence-corrected chi connectivity index (χ2v) is 9.28. The molecule has 0 aromatic heterocycles. The molecular formula is C26H34Cl2N2O2. The summed E-state index contributed by atoms with van der Waals surface area (Å²) in [5, 5.41) is 0.812. The van der Waals surface area contributed by atoms with E-state index >= 15 is 0 Å². The normalized spacial score (nSPS) is 17.2. The minimum atomic E-state index is 0. The Hall–Kier alpha value is -1.75. The second kappa shape index (κ2) is 11.9. The summed E-state index contributed by atoms with van der Waals surface area (Å²) in [7, 11) is 0. The van der Waals surface area contributed by atoms with Crippen LogP contribution in [0.4, 0.5) is 0 Å². The number of piperidine rings is 1. The Morgan fingerprint density at radius 3 is 2.53 bits per heavy atom. The van der Waals surface area contributed by atoms with Gasteiger partial charge in [0, 0.05) is 31.6 Å². The molecule has 32 heavy (non-hydrogen) atoms. The number of aryl methyl sites for hydroxylation is 1. The van der Waals surface area contributed by atoms with Gasteiger partial charge in [-0.3, -0.25) is 4.79 Å². The number of rotatable bonds is 6. The van der Waals surface area contributed by atoms with Gasteiger partial charge in [-0.15, -0.1) is 12.4 Å². The molecule has 2 aromatic rings. The first-order valence-electron chi connectivity index (χ1n) is 11.6. The lowest BCUT2D eigenvalue weighted by Crippen LogP contribution is -2.34. The van der Waals surface area contributed by atoms with Crippen molar-refractivity contribution in [2.45, 2.75) is 51.5 Å². The third kappa shape index (κ3) is 6.63. The van der Waals surface area contributed by atoms with Gasteiger partial charge in [0.15, 0.2) is 0 Å². The van der Waals surface area contributed by atoms with Gasteiger partial charge in [-0.25, -0.2) is 0 Å². The largest absolute Gasteiger partial charge is 0.494 e. The molecule has 6 heteroatoms. The average molecular weight is 477 g/mol. The highest BCUT2D eigenvalue weighted by Gasteiger charge is 2.20. The van der Waals surface area contributed by atoms with Gasteiger partial charge in [0.1, 0.15) is 5.75 Å². The Labute approximate surface area is 203 Å². The Morgan fingerprint density at radius 1 is 1.06 bits per heavy atom. The van der Waals surface area contributed by atoms with E-state index in [1.807, 2.05) is 17.0 Å². The van der Waals surface area contributed by atoms with E-state index in [4.69, 9.17) is 16.3 Å². The van der Waals surface area contributed by atoms with Crippen molar-refractivity contribution < 1.29 is 9.53 Å². The summed E-state index contributed by atoms with van der Waals surface area (Å²) in [4.78, 5) is 16.3. The van der Waals surface area contributed by atoms with Gasteiger partial charge in [-0.1, -0.05) is 29.8 Å². The van der Waals surface area contributed by atoms with Crippen molar-refractivity contribution in [1.82, 2.24) is 9.80 Å². The molecule has 0 unspecified atom stereocenters. The van der Waals surface area contributed by atoms with Crippen molar-refractivity contribution in [3.8, 4) is 5.75 Å². The maximum absolute atomic E-state index is 11.8. The predicted octanol–water partition coefficient (Wildman–Crippen LogP) is 5.71. The van der Waals surface area contributed by atoms with E-state index in [2.05, 4.69) is 35.2 Å². The maximum atomic E-state index is 11.8. The third-order valence-electron chi connectivity index (χ3n) is 6.67. The van der Waals surface area contributed by atoms with Gasteiger partial charge < -0.3 is 14.5 Å². The molecule has 2 aliphatic rings. The molecule has 0 aliphatic carbocycles. The van der Waals surface area contributed by atoms with Crippen LogP contribution in [0.5, 0.6) is 5.75 Å². The number of carbonyl (C=O) groups excluding carboxylic acids is 1. The van der Waals surface area contributed by atoms with E-state index < -0.39 is 0 Å². The highest BCUT2D eigenvalue weighted by molar-refractivity contribution is 6.30. The van der Waals surface area contributed by atoms with Crippen LogP contribution in [0.15, 0.2) is 42.5 Å². The number of fused-ring (bicyclic) bond motifs is 1. The second-order valence-electron chi connectivity index (χ2n) is 8.84. The fourth-order valence-electron chi connectivity index (χ4n) is 4.80. The lowest BCUT2D eigenvalue weighted by atomic mass is 9.89. The van der Waals surface area contributed by atoms with Crippen LogP contribution in [-0.2, 0) is 17.8 Å². The van der Waals surface area contributed by atoms with Gasteiger partial charge in [-0.05, 0) is 92.1 Å². The molecule has 2 heterocycles. The Kier molecular flexibility index (Phi) is 9.27. The number of benzene rings is 2. The quantitative estimate of drug-likeness (QED) is 0.500. The lowest BCUT2D eigenvalue weighted by Gasteiger charge is -2.32. The number of amides is 1. The van der Waals surface area contributed by atoms with Gasteiger partial charge >= 0.3 is 0 Å². The van der Waals surface area contributed by atoms with Crippen LogP contribution in [0.1, 0.15) is 55.2 Å². The maximum Gasteiger partial charge on any atom is 0.219 e. The number of likely N-dealkylation sites (tertiary alicyclic amines) is 1. The summed E-state index contributed by atoms with van der Waals surface area (Å²) in [6.45, 7) is 7.30. The molecule has 0 atom stereocenters. The Balaban J connectivity index is 0.00000289. The van der Waals surface area contributed by atoms with Crippen LogP contribution in [0, 0.1) is 0 Å². The molecule has 4 rings (SSSR count). The molecule has 4 nitrogen and oxygen atoms in total. The molecule has 0 radical (unpaired) electrons. The number of carbonyl (C=O) groups is 1. The molecular weight excluding hydrogens is 443 g/mol. The van der Waals surface area contributed by atoms with Crippen LogP contribution in [0.25, 0.3) is 0 Å². The fraction of sp³-hybridized carbons (Fsp3) is 0.500. The van der Waals surface area contributed by atoms with E-state index in [-0.39, 0.29) is 18.3 Å². The first-order chi connectivity index (χ1) is 15.1. The Morgan fingerprint density at radius 2 is 1.81 bits per heavy atom. The molecule has 1 amide bonds. The SMILES string of the molecule is CC(=O)N1CCCc2ccc(OCCCN3CCC(c4ccc(Cl)cc4)CC3)cc2C1.Cl. The minimum Gasteiger partial charge on any atom is -0.494 e. The molecule has 1 fully saturated rings. The monoisotopic (exact) mass is 476 g/mol. The molecule has 2 aliphatic heterocycles. The predicted molar refractivity (Wildman–Crippen MR) is 133 cm³/mol. The van der Waals surface area contributed by atoms with Gasteiger partial charge in [0.25, 0.3) is 0 Å². The highest BCUT2D eigenvalue weighted by Crippen LogP contribution is 2.29. The highest BCUT2D eigenvalue weighted by atomic mass is 35.5. The van der Waals surface area contributed by atoms with E-state index in [1.165, 1.54) is 29.5 Å². The molecule has 0 N–H and O–H groups in total. The van der Waals surface area contributed by atoms with E-state index in [0.717, 1.165) is 62.8 Å². The summed E-state index contributed by atoms with van der Waals surface area (Å²) >= 11 is 6.01. The van der Waals surface area contributed by atoms with Crippen molar-refractivity contribution >= 4 is 29.9 Å². The zero-order chi connectivity index (χ0) is 21.6. The van der Waals surface area contributed by atoms with E-state index in [0.29, 0.717) is 12.5 Å². The fourth-order valence-corrected chi connectivity index (χ4v) is 4.93. The van der Waals surface area contributed by atoms with Crippen LogP contribution in [0.3, 0.4) is 0 Å². The molecule has 0 saturated carbocycles. The van der Waals surface area contributed by atoms with Crippen molar-refractivity contribution in [2.24, 2.45) is 0 Å². The topological polar surface area (TPSA) is 32.8 Å². The number of hydrogen-bond donors (Lipinski definition) is 0. The number of nitrogens with zero attached hydrogens (tertiary/aromatic N) is 2. The smallest absolute Gasteiger partial charge is 0.219 e. The van der Waals surface area contributed by atoms with Gasteiger partial charge in [0.05, 0.1) is 6.61 Å². The average Bonchev–Trinajstić information content (AvgIpc) is 3.00. The zero-order valence-corrected chi connectivity index (χ0v) is 20.5. The van der Waals surface area contributed by atoms with E-state index in [9.17, 15) is 4.79 Å². The van der Waals surface area contributed by atoms with Crippen molar-refractivity contribution in [3.63, 3.8) is 0 Å². The molecule has 0 spiro atoms. The molecule has 1 saturated heterocycles. The van der Waals surface area contributed by atoms with Gasteiger partial charge in [-0.2, -0.15) is 0 Å². The number of ether oxygens (including phenoxy) is 1. The number of hydrogen-bond acceptors (Lipinski definition) is 3. The van der Waals surface area contributed by atoms with Crippen LogP contribution < -0.4 is 4.74 Å². The third-order valence-corrected chi connectivity index (χ3v) is 6.93. The Bertz CT molecular complexity index is 880. The summed E-state index contributed by atoms with van der Waals surface area (Å²) in [6.07, 6.45) is 5.51. The zero-order valence-electron chi connectivity index (χ0n) is 18.9. The lowest BCUT2D eigenvalue weighted by molar-refractivity contribution is -0.129. The first-order valence-corrected chi connectivity index (χ1v) is 11.9. The molecule has 2 aromatic carbocycles. The number of halogens is 2. The van der Waals surface area contributed by atoms with Crippen LogP contribution in [-0.4, -0.2) is 48.5 Å². The van der Waals surface area contributed by atoms with E-state index in [1.54, 1.807) is 6.92 Å². The first kappa shape index (κ1) is 24.9. The van der Waals surface area contributed by atoms with Crippen LogP contribution >= 0.6 is 24.0 Å². The summed E-state index contributed by atoms with van der Waals surface area (Å²) in [5.74, 6) is 1.73. The van der Waals surface area contributed by atoms with Crippen molar-refractivity contribution in [3.05, 3.63) is 64.2 Å². The summed E-state index contributed by atoms with van der Waals surface area (Å²) < 4.78 is 6.06. The standard InChI is InChI=1S/C26H33ClN2O2.ClH/c1-20(30)29-14-2-4-21-7-10-26(18-24(21)19-29)31-17-3-13-28-15-11-23(12-16-28)22-5-8-25(27)9-6-22;/h5-10,18,23H,2-4,11-17,19H2,1H3;1H. The van der Waals surface area contributed by atoms with Crippen molar-refractivity contribution in [2.75, 3.05) is 32.8 Å². The summed E-state index contributed by atoms with van der Waals surface area (Å²) in [5.41, 5.74) is 3.99. The van der Waals surface area contributed by atoms with Crippen LogP contribution in [0.2, 0.25) is 5.02 Å². The minimum absolute atomic E-state index is 0. The molecule has 0 bridgehead atoms.